The van der Waals surface area contributed by atoms with Crippen molar-refractivity contribution in [3.05, 3.63) is 0 Å². The predicted octanol–water partition coefficient (Wildman–Crippen LogP) is 2.92. The molecular formula is C18H33F3N4O. The smallest absolute Gasteiger partial charge is 0.378 e. The minimum absolute atomic E-state index is 0.00800. The molecule has 2 fully saturated rings. The molecule has 0 bridgehead atoms. The molecule has 26 heavy (non-hydrogen) atoms. The van der Waals surface area contributed by atoms with E-state index < -0.39 is 12.7 Å². The van der Waals surface area contributed by atoms with Crippen LogP contribution in [-0.2, 0) is 4.74 Å². The van der Waals surface area contributed by atoms with Crippen molar-refractivity contribution < 1.29 is 17.9 Å². The van der Waals surface area contributed by atoms with Crippen molar-refractivity contribution in [1.29, 1.82) is 0 Å². The fourth-order valence-corrected chi connectivity index (χ4v) is 3.60. The molecule has 1 atom stereocenters. The highest BCUT2D eigenvalue weighted by atomic mass is 19.4. The molecule has 2 rings (SSSR count). The van der Waals surface area contributed by atoms with Crippen LogP contribution in [0.3, 0.4) is 0 Å². The number of likely N-dealkylation sites (tertiary alicyclic amines) is 1. The van der Waals surface area contributed by atoms with Gasteiger partial charge < -0.3 is 15.4 Å². The number of hydrogen-bond donors (Lipinski definition) is 2. The van der Waals surface area contributed by atoms with Gasteiger partial charge in [-0.05, 0) is 32.6 Å². The molecular weight excluding hydrogens is 345 g/mol. The van der Waals surface area contributed by atoms with Crippen LogP contribution in [0.1, 0.15) is 51.9 Å². The molecule has 0 aromatic rings. The maximum absolute atomic E-state index is 12.5. The van der Waals surface area contributed by atoms with Crippen molar-refractivity contribution in [1.82, 2.24) is 15.5 Å². The van der Waals surface area contributed by atoms with Gasteiger partial charge in [-0.2, -0.15) is 13.2 Å². The second-order valence-corrected chi connectivity index (χ2v) is 7.23. The van der Waals surface area contributed by atoms with Crippen LogP contribution in [0.25, 0.3) is 0 Å². The van der Waals surface area contributed by atoms with Gasteiger partial charge in [-0.3, -0.25) is 9.89 Å². The van der Waals surface area contributed by atoms with Gasteiger partial charge in [0.2, 0.25) is 0 Å². The average molecular weight is 378 g/mol. The number of ether oxygens (including phenoxy) is 1. The summed E-state index contributed by atoms with van der Waals surface area (Å²) < 4.78 is 43.3. The van der Waals surface area contributed by atoms with E-state index in [-0.39, 0.29) is 6.04 Å². The molecule has 1 unspecified atom stereocenters. The monoisotopic (exact) mass is 378 g/mol. The summed E-state index contributed by atoms with van der Waals surface area (Å²) in [6, 6.07) is 0.00800. The molecule has 0 radical (unpaired) electrons. The average Bonchev–Trinajstić information content (AvgIpc) is 3.00. The van der Waals surface area contributed by atoms with Crippen LogP contribution in [0.2, 0.25) is 0 Å². The molecule has 8 heteroatoms. The lowest BCUT2D eigenvalue weighted by atomic mass is 9.98. The standard InChI is InChI=1S/C18H33F3N4O/c1-2-22-17(23-10-6-12-26-16-7-4-3-5-8-16)24-15-9-11-25(13-15)14-18(19,20)21/h15-16H,2-14H2,1H3,(H2,22,23,24). The van der Waals surface area contributed by atoms with E-state index in [1.807, 2.05) is 6.92 Å². The van der Waals surface area contributed by atoms with Gasteiger partial charge in [0, 0.05) is 38.8 Å². The van der Waals surface area contributed by atoms with Crippen LogP contribution >= 0.6 is 0 Å². The van der Waals surface area contributed by atoms with Crippen LogP contribution in [0.15, 0.2) is 4.99 Å². The molecule has 2 N–H and O–H groups in total. The Labute approximate surface area is 154 Å². The van der Waals surface area contributed by atoms with Crippen molar-refractivity contribution >= 4 is 5.96 Å². The fraction of sp³-hybridized carbons (Fsp3) is 0.944. The van der Waals surface area contributed by atoms with E-state index in [1.165, 1.54) is 37.0 Å². The van der Waals surface area contributed by atoms with Crippen LogP contribution in [0, 0.1) is 0 Å². The third-order valence-electron chi connectivity index (χ3n) is 4.84. The highest BCUT2D eigenvalue weighted by Gasteiger charge is 2.34. The van der Waals surface area contributed by atoms with Crippen molar-refractivity contribution in [2.75, 3.05) is 39.3 Å². The topological polar surface area (TPSA) is 48.9 Å². The molecule has 152 valence electrons. The molecule has 1 aliphatic heterocycles. The molecule has 0 amide bonds. The molecule has 1 aliphatic carbocycles. The Morgan fingerprint density at radius 3 is 2.65 bits per heavy atom. The van der Waals surface area contributed by atoms with Crippen molar-refractivity contribution in [3.63, 3.8) is 0 Å². The summed E-state index contributed by atoms with van der Waals surface area (Å²) in [5.74, 6) is 0.684. The zero-order valence-corrected chi connectivity index (χ0v) is 15.8. The Kier molecular flexibility index (Phi) is 8.98. The molecule has 1 saturated carbocycles. The number of alkyl halides is 3. The Hall–Kier alpha value is -1.02. The molecule has 0 aromatic carbocycles. The highest BCUT2D eigenvalue weighted by Crippen LogP contribution is 2.21. The van der Waals surface area contributed by atoms with Crippen LogP contribution in [-0.4, -0.2) is 68.5 Å². The second kappa shape index (κ2) is 11.0. The Morgan fingerprint density at radius 1 is 1.19 bits per heavy atom. The van der Waals surface area contributed by atoms with Gasteiger partial charge >= 0.3 is 6.18 Å². The van der Waals surface area contributed by atoms with Crippen LogP contribution in [0.5, 0.6) is 0 Å². The zero-order valence-electron chi connectivity index (χ0n) is 15.8. The van der Waals surface area contributed by atoms with Gasteiger partial charge in [0.15, 0.2) is 5.96 Å². The van der Waals surface area contributed by atoms with E-state index in [2.05, 4.69) is 15.6 Å². The Balaban J connectivity index is 1.66. The first-order valence-electron chi connectivity index (χ1n) is 9.92. The number of aliphatic imine (C=N–C) groups is 1. The first-order valence-corrected chi connectivity index (χ1v) is 9.92. The number of halogens is 3. The Bertz CT molecular complexity index is 425. The number of nitrogens with zero attached hydrogens (tertiary/aromatic N) is 2. The summed E-state index contributed by atoms with van der Waals surface area (Å²) in [6.45, 7) is 4.10. The van der Waals surface area contributed by atoms with E-state index in [0.29, 0.717) is 38.1 Å². The first-order chi connectivity index (χ1) is 12.5. The first kappa shape index (κ1) is 21.3. The van der Waals surface area contributed by atoms with Gasteiger partial charge in [0.1, 0.15) is 0 Å². The van der Waals surface area contributed by atoms with Gasteiger partial charge in [0.25, 0.3) is 0 Å². The van der Waals surface area contributed by atoms with Crippen molar-refractivity contribution in [3.8, 4) is 0 Å². The van der Waals surface area contributed by atoms with Crippen molar-refractivity contribution in [2.24, 2.45) is 4.99 Å². The van der Waals surface area contributed by atoms with Gasteiger partial charge in [-0.15, -0.1) is 0 Å². The largest absolute Gasteiger partial charge is 0.401 e. The van der Waals surface area contributed by atoms with Gasteiger partial charge in [-0.25, -0.2) is 0 Å². The number of rotatable bonds is 8. The van der Waals surface area contributed by atoms with E-state index in [0.717, 1.165) is 19.6 Å². The maximum Gasteiger partial charge on any atom is 0.401 e. The van der Waals surface area contributed by atoms with Gasteiger partial charge in [-0.1, -0.05) is 19.3 Å². The van der Waals surface area contributed by atoms with E-state index in [1.54, 1.807) is 0 Å². The second-order valence-electron chi connectivity index (χ2n) is 7.23. The lowest BCUT2D eigenvalue weighted by Crippen LogP contribution is -2.45. The molecule has 0 spiro atoms. The van der Waals surface area contributed by atoms with Crippen LogP contribution < -0.4 is 10.6 Å². The van der Waals surface area contributed by atoms with E-state index >= 15 is 0 Å². The molecule has 0 aromatic heterocycles. The fourth-order valence-electron chi connectivity index (χ4n) is 3.60. The summed E-state index contributed by atoms with van der Waals surface area (Å²) in [5.41, 5.74) is 0. The normalized spacial score (nSPS) is 23.4. The number of guanidine groups is 1. The summed E-state index contributed by atoms with van der Waals surface area (Å²) in [4.78, 5) is 5.98. The predicted molar refractivity (Wildman–Crippen MR) is 97.5 cm³/mol. The zero-order chi connectivity index (χ0) is 18.8. The minimum Gasteiger partial charge on any atom is -0.378 e. The van der Waals surface area contributed by atoms with E-state index in [4.69, 9.17) is 4.74 Å². The molecule has 1 heterocycles. The molecule has 2 aliphatic rings. The maximum atomic E-state index is 12.5. The third-order valence-corrected chi connectivity index (χ3v) is 4.84. The summed E-state index contributed by atoms with van der Waals surface area (Å²) in [5, 5.41) is 6.43. The van der Waals surface area contributed by atoms with Gasteiger partial charge in [0.05, 0.1) is 12.6 Å². The Morgan fingerprint density at radius 2 is 1.96 bits per heavy atom. The SMILES string of the molecule is CCNC(=NCCCOC1CCCCC1)NC1CCN(CC(F)(F)F)C1. The summed E-state index contributed by atoms with van der Waals surface area (Å²) in [7, 11) is 0. The summed E-state index contributed by atoms with van der Waals surface area (Å²) >= 11 is 0. The lowest BCUT2D eigenvalue weighted by molar-refractivity contribution is -0.143. The molecule has 5 nitrogen and oxygen atoms in total. The van der Waals surface area contributed by atoms with Crippen molar-refractivity contribution in [2.45, 2.75) is 70.2 Å². The number of hydrogen-bond acceptors (Lipinski definition) is 3. The van der Waals surface area contributed by atoms with Crippen LogP contribution in [0.4, 0.5) is 13.2 Å². The number of nitrogens with one attached hydrogen (secondary N) is 2. The summed E-state index contributed by atoms with van der Waals surface area (Å²) in [6.07, 6.45) is 4.04. The minimum atomic E-state index is -4.13. The molecule has 1 saturated heterocycles. The lowest BCUT2D eigenvalue weighted by Gasteiger charge is -2.22. The third kappa shape index (κ3) is 8.58. The van der Waals surface area contributed by atoms with E-state index in [9.17, 15) is 13.2 Å². The quantitative estimate of drug-likeness (QED) is 0.387. The highest BCUT2D eigenvalue weighted by molar-refractivity contribution is 5.80.